The molecule has 33 heavy (non-hydrogen) atoms. The second-order valence-corrected chi connectivity index (χ2v) is 8.61. The molecule has 9 heteroatoms. The fourth-order valence-electron chi connectivity index (χ4n) is 4.03. The summed E-state index contributed by atoms with van der Waals surface area (Å²) in [6.07, 6.45) is 5.12. The lowest BCUT2D eigenvalue weighted by Gasteiger charge is -2.27. The molecule has 3 aromatic rings. The third-order valence-corrected chi connectivity index (χ3v) is 6.00. The zero-order valence-electron chi connectivity index (χ0n) is 18.1. The number of hydrogen-bond acceptors (Lipinski definition) is 7. The van der Waals surface area contributed by atoms with E-state index in [1.54, 1.807) is 6.07 Å². The summed E-state index contributed by atoms with van der Waals surface area (Å²) in [6.45, 7) is 2.60. The average molecular weight is 474 g/mol. The molecule has 0 amide bonds. The summed E-state index contributed by atoms with van der Waals surface area (Å²) in [4.78, 5) is 8.82. The molecule has 2 aliphatic heterocycles. The number of anilines is 2. The zero-order chi connectivity index (χ0) is 22.6. The molecule has 5 rings (SSSR count). The van der Waals surface area contributed by atoms with Crippen LogP contribution in [-0.2, 0) is 9.47 Å². The number of nitrogens with zero attached hydrogens (tertiary/aromatic N) is 2. The van der Waals surface area contributed by atoms with Crippen molar-refractivity contribution in [2.24, 2.45) is 0 Å². The summed E-state index contributed by atoms with van der Waals surface area (Å²) >= 11 is 5.94. The predicted octanol–water partition coefficient (Wildman–Crippen LogP) is 5.28. The highest BCUT2D eigenvalue weighted by atomic mass is 35.5. The van der Waals surface area contributed by atoms with Crippen LogP contribution in [0.15, 0.2) is 36.7 Å². The lowest BCUT2D eigenvalue weighted by molar-refractivity contribution is -0.00422. The van der Waals surface area contributed by atoms with Gasteiger partial charge in [0.15, 0.2) is 11.5 Å². The molecule has 2 aliphatic rings. The van der Waals surface area contributed by atoms with Crippen molar-refractivity contribution in [2.45, 2.75) is 37.9 Å². The zero-order valence-corrected chi connectivity index (χ0v) is 18.8. The van der Waals surface area contributed by atoms with Crippen molar-refractivity contribution < 1.29 is 23.3 Å². The van der Waals surface area contributed by atoms with Crippen LogP contribution in [0, 0.1) is 5.82 Å². The van der Waals surface area contributed by atoms with Crippen molar-refractivity contribution in [3.8, 4) is 11.5 Å². The first-order valence-electron chi connectivity index (χ1n) is 11.2. The number of ether oxygens (including phenoxy) is 4. The molecule has 2 aromatic carbocycles. The first-order valence-corrected chi connectivity index (χ1v) is 11.5. The molecule has 0 bridgehead atoms. The van der Waals surface area contributed by atoms with Crippen LogP contribution in [0.3, 0.4) is 0 Å². The molecule has 1 aromatic heterocycles. The molecule has 7 nitrogen and oxygen atoms in total. The minimum Gasteiger partial charge on any atom is -0.484 e. The van der Waals surface area contributed by atoms with Gasteiger partial charge in [-0.3, -0.25) is 0 Å². The number of hydrogen-bond donors (Lipinski definition) is 1. The fraction of sp³-hybridized carbons (Fsp3) is 0.417. The second-order valence-electron chi connectivity index (χ2n) is 8.21. The highest BCUT2D eigenvalue weighted by Gasteiger charge is 2.22. The molecular weight excluding hydrogens is 449 g/mol. The molecule has 2 fully saturated rings. The van der Waals surface area contributed by atoms with Crippen molar-refractivity contribution in [1.82, 2.24) is 9.97 Å². The van der Waals surface area contributed by atoms with E-state index in [2.05, 4.69) is 15.3 Å². The molecule has 1 N–H and O–H groups in total. The maximum absolute atomic E-state index is 13.6. The number of nitrogens with one attached hydrogen (secondary N) is 1. The Labute approximate surface area is 196 Å². The van der Waals surface area contributed by atoms with E-state index < -0.39 is 5.82 Å². The summed E-state index contributed by atoms with van der Waals surface area (Å²) in [6, 6.07) is 8.18. The molecule has 2 saturated heterocycles. The molecule has 0 aliphatic carbocycles. The van der Waals surface area contributed by atoms with Gasteiger partial charge in [0, 0.05) is 30.4 Å². The van der Waals surface area contributed by atoms with E-state index >= 15 is 0 Å². The van der Waals surface area contributed by atoms with Gasteiger partial charge in [-0.2, -0.15) is 0 Å². The number of rotatable bonds is 6. The number of fused-ring (bicyclic) bond motifs is 1. The standard InChI is InChI=1S/C24H25ClFN3O4/c25-19-9-15(5-6-20(19)26)29-24-18-10-22(32-16-3-1-7-30-12-16)23(11-21(18)27-14-28-24)33-17-4-2-8-31-13-17/h5-6,9-11,14,16-17H,1-4,7-8,12-13H2,(H,27,28,29). The first kappa shape index (κ1) is 22.1. The van der Waals surface area contributed by atoms with Crippen molar-refractivity contribution in [3.63, 3.8) is 0 Å². The minimum atomic E-state index is -0.478. The summed E-state index contributed by atoms with van der Waals surface area (Å²) < 4.78 is 37.4. The Morgan fingerprint density at radius 3 is 2.27 bits per heavy atom. The highest BCUT2D eigenvalue weighted by molar-refractivity contribution is 6.31. The van der Waals surface area contributed by atoms with E-state index in [0.717, 1.165) is 44.3 Å². The highest BCUT2D eigenvalue weighted by Crippen LogP contribution is 2.37. The van der Waals surface area contributed by atoms with Gasteiger partial charge in [-0.05, 0) is 49.9 Å². The molecule has 3 heterocycles. The van der Waals surface area contributed by atoms with Crippen LogP contribution < -0.4 is 14.8 Å². The minimum absolute atomic E-state index is 0.0325. The van der Waals surface area contributed by atoms with Crippen LogP contribution >= 0.6 is 11.6 Å². The van der Waals surface area contributed by atoms with Crippen LogP contribution in [-0.4, -0.2) is 48.6 Å². The number of aromatic nitrogens is 2. The molecule has 2 unspecified atom stereocenters. The summed E-state index contributed by atoms with van der Waals surface area (Å²) in [5.41, 5.74) is 1.31. The maximum atomic E-state index is 13.6. The Morgan fingerprint density at radius 1 is 0.939 bits per heavy atom. The molecule has 0 spiro atoms. The van der Waals surface area contributed by atoms with Gasteiger partial charge in [-0.25, -0.2) is 14.4 Å². The van der Waals surface area contributed by atoms with Gasteiger partial charge >= 0.3 is 0 Å². The van der Waals surface area contributed by atoms with Crippen molar-refractivity contribution >= 4 is 34.0 Å². The van der Waals surface area contributed by atoms with Gasteiger partial charge in [0.05, 0.1) is 23.8 Å². The topological polar surface area (TPSA) is 74.7 Å². The maximum Gasteiger partial charge on any atom is 0.163 e. The summed E-state index contributed by atoms with van der Waals surface area (Å²) in [5.74, 6) is 1.31. The lowest BCUT2D eigenvalue weighted by Crippen LogP contribution is -2.30. The average Bonchev–Trinajstić information content (AvgIpc) is 2.83. The van der Waals surface area contributed by atoms with Gasteiger partial charge < -0.3 is 24.3 Å². The molecule has 174 valence electrons. The fourth-order valence-corrected chi connectivity index (χ4v) is 4.21. The van der Waals surface area contributed by atoms with Crippen molar-refractivity contribution in [1.29, 1.82) is 0 Å². The first-order chi connectivity index (χ1) is 16.2. The predicted molar refractivity (Wildman–Crippen MR) is 123 cm³/mol. The van der Waals surface area contributed by atoms with Crippen LogP contribution in [0.4, 0.5) is 15.9 Å². The quantitative estimate of drug-likeness (QED) is 0.522. The van der Waals surface area contributed by atoms with E-state index in [1.807, 2.05) is 12.1 Å². The van der Waals surface area contributed by atoms with Gasteiger partial charge in [0.1, 0.15) is 30.2 Å². The van der Waals surface area contributed by atoms with E-state index in [-0.39, 0.29) is 17.2 Å². The SMILES string of the molecule is Fc1ccc(Nc2ncnc3cc(OC4CCCOC4)c(OC4CCCOC4)cc23)cc1Cl. The van der Waals surface area contributed by atoms with Crippen LogP contribution in [0.1, 0.15) is 25.7 Å². The Bertz CT molecular complexity index is 1120. The Balaban J connectivity index is 1.50. The van der Waals surface area contributed by atoms with E-state index in [4.69, 9.17) is 30.5 Å². The van der Waals surface area contributed by atoms with Gasteiger partial charge in [0.2, 0.25) is 0 Å². The van der Waals surface area contributed by atoms with Crippen LogP contribution in [0.5, 0.6) is 11.5 Å². The Hall–Kier alpha value is -2.68. The van der Waals surface area contributed by atoms with Crippen molar-refractivity contribution in [3.05, 3.63) is 47.5 Å². The van der Waals surface area contributed by atoms with Crippen LogP contribution in [0.25, 0.3) is 10.9 Å². The Kier molecular flexibility index (Phi) is 6.75. The molecule has 0 saturated carbocycles. The van der Waals surface area contributed by atoms with Crippen molar-refractivity contribution in [2.75, 3.05) is 31.7 Å². The number of halogens is 2. The van der Waals surface area contributed by atoms with E-state index in [1.165, 1.54) is 18.5 Å². The smallest absolute Gasteiger partial charge is 0.163 e. The molecule has 0 radical (unpaired) electrons. The second kappa shape index (κ2) is 10.1. The van der Waals surface area contributed by atoms with Gasteiger partial charge in [-0.1, -0.05) is 11.6 Å². The Morgan fingerprint density at radius 2 is 1.64 bits per heavy atom. The summed E-state index contributed by atoms with van der Waals surface area (Å²) in [5, 5.41) is 3.98. The number of benzene rings is 2. The van der Waals surface area contributed by atoms with E-state index in [9.17, 15) is 4.39 Å². The third-order valence-electron chi connectivity index (χ3n) is 5.71. The normalized spacial score (nSPS) is 21.0. The monoisotopic (exact) mass is 473 g/mol. The largest absolute Gasteiger partial charge is 0.484 e. The van der Waals surface area contributed by atoms with Gasteiger partial charge in [-0.15, -0.1) is 0 Å². The molecule has 2 atom stereocenters. The summed E-state index contributed by atoms with van der Waals surface area (Å²) in [7, 11) is 0. The van der Waals surface area contributed by atoms with Gasteiger partial charge in [0.25, 0.3) is 0 Å². The van der Waals surface area contributed by atoms with Crippen LogP contribution in [0.2, 0.25) is 5.02 Å². The molecular formula is C24H25ClFN3O4. The van der Waals surface area contributed by atoms with E-state index in [0.29, 0.717) is 41.7 Å². The third kappa shape index (κ3) is 5.29. The lowest BCUT2D eigenvalue weighted by atomic mass is 10.1.